The summed E-state index contributed by atoms with van der Waals surface area (Å²) in [6.07, 6.45) is 3.26. The summed E-state index contributed by atoms with van der Waals surface area (Å²) in [5.74, 6) is 0.484. The molecule has 0 aliphatic carbocycles. The van der Waals surface area contributed by atoms with Crippen molar-refractivity contribution in [2.45, 2.75) is 32.4 Å². The molecule has 228 valence electrons. The summed E-state index contributed by atoms with van der Waals surface area (Å²) in [6.45, 7) is 7.35. The van der Waals surface area contributed by atoms with Crippen LogP contribution in [0.4, 0.5) is 27.8 Å². The van der Waals surface area contributed by atoms with Crippen molar-refractivity contribution in [3.05, 3.63) is 82.3 Å². The zero-order chi connectivity index (χ0) is 30.0. The number of nitrogens with one attached hydrogen (secondary N) is 1. The summed E-state index contributed by atoms with van der Waals surface area (Å²) in [6, 6.07) is 17.4. The number of pyridine rings is 1. The molecule has 2 aromatic carbocycles. The van der Waals surface area contributed by atoms with Gasteiger partial charge in [-0.25, -0.2) is 9.78 Å². The maximum Gasteiger partial charge on any atom is 0.414 e. The predicted octanol–water partition coefficient (Wildman–Crippen LogP) is 4.47. The van der Waals surface area contributed by atoms with Gasteiger partial charge in [0, 0.05) is 44.3 Å². The van der Waals surface area contributed by atoms with Gasteiger partial charge in [-0.3, -0.25) is 19.2 Å². The number of amides is 1. The van der Waals surface area contributed by atoms with E-state index in [1.165, 1.54) is 0 Å². The van der Waals surface area contributed by atoms with Crippen LogP contribution >= 0.6 is 0 Å². The van der Waals surface area contributed by atoms with Crippen LogP contribution in [0.25, 0.3) is 11.0 Å². The lowest BCUT2D eigenvalue weighted by atomic mass is 10.0. The lowest BCUT2D eigenvalue weighted by Crippen LogP contribution is -2.46. The highest BCUT2D eigenvalue weighted by Crippen LogP contribution is 2.40. The fourth-order valence-corrected chi connectivity index (χ4v) is 6.57. The van der Waals surface area contributed by atoms with Gasteiger partial charge in [-0.15, -0.1) is 0 Å². The Bertz CT molecular complexity index is 1730. The number of aromatic nitrogens is 3. The normalized spacial score (nSPS) is 20.2. The van der Waals surface area contributed by atoms with Gasteiger partial charge in [-0.2, -0.15) is 4.98 Å². The molecule has 1 N–H and O–H groups in total. The fourth-order valence-electron chi connectivity index (χ4n) is 6.57. The molecular weight excluding hydrogens is 558 g/mol. The first-order chi connectivity index (χ1) is 21.6. The average molecular weight is 596 g/mol. The average Bonchev–Trinajstić information content (AvgIpc) is 3.06. The first kappa shape index (κ1) is 28.3. The van der Waals surface area contributed by atoms with Gasteiger partial charge < -0.3 is 19.7 Å². The van der Waals surface area contributed by atoms with Crippen LogP contribution in [0.5, 0.6) is 0 Å². The standard InChI is InChI=1S/C33H37N7O4/c1-23-7-5-11-27-29(23)39(33(42)44-22-24-8-3-2-4-9-24)15-14-38(27)28-19-25-20-35-32-34-12-17-43-18-16-37-13-6-10-26(21-37)40(31(28)41)30(25)36-32/h2-5,7-9,11,19-20,26H,6,10,12-18,21-22H2,1H3,(H,34,35,36). The van der Waals surface area contributed by atoms with Gasteiger partial charge >= 0.3 is 6.09 Å². The third-order valence-corrected chi connectivity index (χ3v) is 8.72. The summed E-state index contributed by atoms with van der Waals surface area (Å²) in [5, 5.41) is 4.04. The van der Waals surface area contributed by atoms with Crippen LogP contribution in [0, 0.1) is 6.92 Å². The van der Waals surface area contributed by atoms with Crippen molar-refractivity contribution in [1.82, 2.24) is 19.4 Å². The van der Waals surface area contributed by atoms with Crippen molar-refractivity contribution in [2.24, 2.45) is 0 Å². The second-order valence-electron chi connectivity index (χ2n) is 11.6. The van der Waals surface area contributed by atoms with Gasteiger partial charge in [0.1, 0.15) is 17.9 Å². The summed E-state index contributed by atoms with van der Waals surface area (Å²) in [7, 11) is 0. The van der Waals surface area contributed by atoms with Crippen LogP contribution in [0.1, 0.15) is 30.0 Å². The summed E-state index contributed by atoms with van der Waals surface area (Å²) < 4.78 is 13.4. The molecule has 11 nitrogen and oxygen atoms in total. The SMILES string of the molecule is Cc1cccc2c1N(C(=O)OCc1ccccc1)CCN2c1cc2cnc3nc2n(c1=O)C1CCCN(CCOCCN3)C1. The monoisotopic (exact) mass is 595 g/mol. The number of carbonyl (C=O) groups is 1. The maximum absolute atomic E-state index is 14.6. The van der Waals surface area contributed by atoms with Crippen molar-refractivity contribution in [2.75, 3.05) is 67.6 Å². The molecule has 0 radical (unpaired) electrons. The van der Waals surface area contributed by atoms with Gasteiger partial charge in [0.25, 0.3) is 5.56 Å². The van der Waals surface area contributed by atoms with Crippen molar-refractivity contribution in [3.8, 4) is 0 Å². The Morgan fingerprint density at radius 1 is 1.05 bits per heavy atom. The number of carbonyl (C=O) groups excluding carboxylic acids is 1. The Balaban J connectivity index is 1.28. The van der Waals surface area contributed by atoms with E-state index in [-0.39, 0.29) is 18.2 Å². The molecule has 3 aliphatic rings. The number of ether oxygens (including phenoxy) is 2. The van der Waals surface area contributed by atoms with E-state index in [0.29, 0.717) is 50.1 Å². The minimum Gasteiger partial charge on any atom is -0.444 e. The topological polar surface area (TPSA) is 105 Å². The largest absolute Gasteiger partial charge is 0.444 e. The van der Waals surface area contributed by atoms with Crippen molar-refractivity contribution in [3.63, 3.8) is 0 Å². The van der Waals surface area contributed by atoms with Crippen molar-refractivity contribution < 1.29 is 14.3 Å². The number of nitrogens with zero attached hydrogens (tertiary/aromatic N) is 6. The molecule has 0 saturated carbocycles. The highest BCUT2D eigenvalue weighted by Gasteiger charge is 2.33. The molecule has 4 aromatic rings. The molecule has 5 heterocycles. The van der Waals surface area contributed by atoms with Crippen molar-refractivity contribution >= 4 is 40.1 Å². The van der Waals surface area contributed by atoms with Crippen LogP contribution in [0.2, 0.25) is 0 Å². The van der Waals surface area contributed by atoms with Gasteiger partial charge in [-0.05, 0) is 49.6 Å². The molecule has 2 unspecified atom stereocenters. The molecule has 7 rings (SSSR count). The molecule has 1 fully saturated rings. The van der Waals surface area contributed by atoms with Gasteiger partial charge in [0.2, 0.25) is 5.95 Å². The zero-order valence-electron chi connectivity index (χ0n) is 24.9. The number of benzene rings is 2. The summed E-state index contributed by atoms with van der Waals surface area (Å²) in [4.78, 5) is 43.5. The molecular formula is C33H37N7O4. The molecule has 2 atom stereocenters. The van der Waals surface area contributed by atoms with Gasteiger partial charge in [0.05, 0.1) is 30.6 Å². The van der Waals surface area contributed by atoms with Crippen LogP contribution in [0.3, 0.4) is 0 Å². The summed E-state index contributed by atoms with van der Waals surface area (Å²) >= 11 is 0. The minimum absolute atomic E-state index is 0.0339. The molecule has 4 bridgehead atoms. The van der Waals surface area contributed by atoms with E-state index >= 15 is 0 Å². The third-order valence-electron chi connectivity index (χ3n) is 8.72. The van der Waals surface area contributed by atoms with E-state index in [1.807, 2.05) is 71.0 Å². The van der Waals surface area contributed by atoms with Crippen molar-refractivity contribution in [1.29, 1.82) is 0 Å². The molecule has 44 heavy (non-hydrogen) atoms. The number of rotatable bonds is 3. The number of piperidine rings is 1. The Labute approximate surface area is 256 Å². The number of para-hydroxylation sites is 1. The number of hydrogen-bond donors (Lipinski definition) is 1. The smallest absolute Gasteiger partial charge is 0.414 e. The minimum atomic E-state index is -0.406. The Hall–Kier alpha value is -4.48. The van der Waals surface area contributed by atoms with E-state index in [9.17, 15) is 9.59 Å². The number of hydrogen-bond acceptors (Lipinski definition) is 9. The van der Waals surface area contributed by atoms with E-state index in [4.69, 9.17) is 14.5 Å². The quantitative estimate of drug-likeness (QED) is 0.367. The Kier molecular flexibility index (Phi) is 7.88. The van der Waals surface area contributed by atoms with E-state index in [2.05, 4.69) is 15.2 Å². The summed E-state index contributed by atoms with van der Waals surface area (Å²) in [5.41, 5.74) is 4.50. The van der Waals surface area contributed by atoms with Crippen LogP contribution in [0.15, 0.2) is 65.6 Å². The maximum atomic E-state index is 14.6. The fraction of sp³-hybridized carbons (Fsp3) is 0.394. The zero-order valence-corrected chi connectivity index (χ0v) is 24.9. The second kappa shape index (κ2) is 12.3. The predicted molar refractivity (Wildman–Crippen MR) is 170 cm³/mol. The van der Waals surface area contributed by atoms with Crippen LogP contribution in [-0.4, -0.2) is 78.0 Å². The molecule has 11 heteroatoms. The van der Waals surface area contributed by atoms with Gasteiger partial charge in [-0.1, -0.05) is 42.5 Å². The van der Waals surface area contributed by atoms with Gasteiger partial charge in [0.15, 0.2) is 0 Å². The first-order valence-corrected chi connectivity index (χ1v) is 15.4. The lowest BCUT2D eigenvalue weighted by molar-refractivity contribution is 0.0917. The molecule has 0 spiro atoms. The molecule has 2 aromatic heterocycles. The number of aryl methyl sites for hydroxylation is 1. The van der Waals surface area contributed by atoms with E-state index in [0.717, 1.165) is 60.4 Å². The van der Waals surface area contributed by atoms with Crippen LogP contribution in [-0.2, 0) is 16.1 Å². The highest BCUT2D eigenvalue weighted by molar-refractivity contribution is 5.97. The number of anilines is 4. The second-order valence-corrected chi connectivity index (χ2v) is 11.6. The third kappa shape index (κ3) is 5.48. The Morgan fingerprint density at radius 2 is 1.93 bits per heavy atom. The molecule has 3 aliphatic heterocycles. The number of fused-ring (bicyclic) bond motifs is 5. The van der Waals surface area contributed by atoms with E-state index < -0.39 is 6.09 Å². The highest BCUT2D eigenvalue weighted by atomic mass is 16.6. The molecule has 1 amide bonds. The van der Waals surface area contributed by atoms with E-state index in [1.54, 1.807) is 11.1 Å². The first-order valence-electron chi connectivity index (χ1n) is 15.4. The Morgan fingerprint density at radius 3 is 2.82 bits per heavy atom. The molecule has 1 saturated heterocycles. The van der Waals surface area contributed by atoms with Crippen LogP contribution < -0.4 is 20.7 Å². The lowest BCUT2D eigenvalue weighted by Gasteiger charge is -2.38.